The maximum atomic E-state index is 12.5. The lowest BCUT2D eigenvalue weighted by Gasteiger charge is -2.41. The molecule has 104 valence electrons. The van der Waals surface area contributed by atoms with Gasteiger partial charge in [0.25, 0.3) is 0 Å². The highest BCUT2D eigenvalue weighted by Gasteiger charge is 2.41. The van der Waals surface area contributed by atoms with Crippen LogP contribution in [-0.2, 0) is 9.53 Å². The van der Waals surface area contributed by atoms with Gasteiger partial charge in [-0.2, -0.15) is 0 Å². The van der Waals surface area contributed by atoms with Gasteiger partial charge in [0.05, 0.1) is 12.0 Å². The predicted molar refractivity (Wildman–Crippen MR) is 71.5 cm³/mol. The molecule has 1 aliphatic heterocycles. The molecule has 1 saturated heterocycles. The molecule has 0 aromatic rings. The second-order valence-corrected chi connectivity index (χ2v) is 5.65. The lowest BCUT2D eigenvalue weighted by atomic mass is 9.77. The van der Waals surface area contributed by atoms with Crippen molar-refractivity contribution in [3.63, 3.8) is 0 Å². The van der Waals surface area contributed by atoms with Crippen LogP contribution < -0.4 is 5.32 Å². The summed E-state index contributed by atoms with van der Waals surface area (Å²) in [4.78, 5) is 14.6. The first-order valence-electron chi connectivity index (χ1n) is 7.26. The predicted octanol–water partition coefficient (Wildman–Crippen LogP) is 1.55. The minimum Gasteiger partial charge on any atom is -0.378 e. The first-order chi connectivity index (χ1) is 8.71. The number of nitrogens with one attached hydrogen (secondary N) is 1. The number of hydrogen-bond donors (Lipinski definition) is 1. The maximum absolute atomic E-state index is 12.5. The molecule has 0 aromatic heterocycles. The zero-order valence-electron chi connectivity index (χ0n) is 11.7. The molecule has 0 bridgehead atoms. The Kier molecular flexibility index (Phi) is 4.62. The summed E-state index contributed by atoms with van der Waals surface area (Å²) in [5.74, 6) is 0.284. The highest BCUT2D eigenvalue weighted by atomic mass is 16.5. The van der Waals surface area contributed by atoms with Crippen LogP contribution >= 0.6 is 0 Å². The number of carbonyl (C=O) groups excluding carboxylic acids is 1. The molecular weight excluding hydrogens is 228 g/mol. The van der Waals surface area contributed by atoms with Crippen molar-refractivity contribution in [1.29, 1.82) is 0 Å². The fraction of sp³-hybridized carbons (Fsp3) is 0.929. The number of hydrogen-bond acceptors (Lipinski definition) is 3. The molecule has 2 rings (SSSR count). The Morgan fingerprint density at radius 2 is 2.28 bits per heavy atom. The van der Waals surface area contributed by atoms with Crippen LogP contribution in [0.3, 0.4) is 0 Å². The molecule has 1 aliphatic carbocycles. The molecule has 1 amide bonds. The second kappa shape index (κ2) is 6.02. The van der Waals surface area contributed by atoms with Crippen LogP contribution in [0.1, 0.15) is 45.4 Å². The first-order valence-corrected chi connectivity index (χ1v) is 7.26. The van der Waals surface area contributed by atoms with Crippen LogP contribution in [0.4, 0.5) is 0 Å². The molecule has 2 fully saturated rings. The fourth-order valence-electron chi connectivity index (χ4n) is 3.06. The molecule has 1 N–H and O–H groups in total. The summed E-state index contributed by atoms with van der Waals surface area (Å²) in [5, 5.41) is 3.35. The third-order valence-corrected chi connectivity index (χ3v) is 4.43. The van der Waals surface area contributed by atoms with Gasteiger partial charge >= 0.3 is 0 Å². The van der Waals surface area contributed by atoms with Crippen molar-refractivity contribution in [3.05, 3.63) is 0 Å². The van der Waals surface area contributed by atoms with Crippen LogP contribution in [0.25, 0.3) is 0 Å². The number of nitrogens with zero attached hydrogens (tertiary/aromatic N) is 1. The number of methoxy groups -OCH3 is 1. The fourth-order valence-corrected chi connectivity index (χ4v) is 3.06. The van der Waals surface area contributed by atoms with Gasteiger partial charge in [0.2, 0.25) is 5.91 Å². The topological polar surface area (TPSA) is 41.6 Å². The van der Waals surface area contributed by atoms with Crippen LogP contribution in [0.15, 0.2) is 0 Å². The summed E-state index contributed by atoms with van der Waals surface area (Å²) < 4.78 is 5.57. The standard InChI is InChI=1S/C14H26N2O2/c1-3-9-16(12-5-8-15-11-12)13(17)10-14(18-2)6-4-7-14/h12,15H,3-11H2,1-2H3. The third kappa shape index (κ3) is 2.86. The summed E-state index contributed by atoms with van der Waals surface area (Å²) in [5.41, 5.74) is -0.144. The Balaban J connectivity index is 1.94. The van der Waals surface area contributed by atoms with Crippen molar-refractivity contribution in [2.24, 2.45) is 0 Å². The Hall–Kier alpha value is -0.610. The van der Waals surface area contributed by atoms with E-state index in [9.17, 15) is 4.79 Å². The van der Waals surface area contributed by atoms with Gasteiger partial charge in [-0.15, -0.1) is 0 Å². The molecule has 1 unspecified atom stereocenters. The van der Waals surface area contributed by atoms with E-state index >= 15 is 0 Å². The molecule has 1 heterocycles. The van der Waals surface area contributed by atoms with E-state index in [4.69, 9.17) is 4.74 Å². The molecule has 1 saturated carbocycles. The van der Waals surface area contributed by atoms with Crippen molar-refractivity contribution < 1.29 is 9.53 Å². The summed E-state index contributed by atoms with van der Waals surface area (Å²) >= 11 is 0. The van der Waals surface area contributed by atoms with Gasteiger partial charge in [-0.05, 0) is 38.6 Å². The van der Waals surface area contributed by atoms with Gasteiger partial charge in [0.1, 0.15) is 0 Å². The molecule has 4 heteroatoms. The number of amides is 1. The van der Waals surface area contributed by atoms with Gasteiger partial charge in [-0.3, -0.25) is 4.79 Å². The molecule has 2 aliphatic rings. The lowest BCUT2D eigenvalue weighted by molar-refractivity contribution is -0.146. The zero-order valence-corrected chi connectivity index (χ0v) is 11.7. The summed E-state index contributed by atoms with van der Waals surface area (Å²) in [6.45, 7) is 5.00. The van der Waals surface area contributed by atoms with E-state index in [1.807, 2.05) is 0 Å². The van der Waals surface area contributed by atoms with E-state index in [0.717, 1.165) is 45.3 Å². The van der Waals surface area contributed by atoms with Crippen LogP contribution in [0.2, 0.25) is 0 Å². The van der Waals surface area contributed by atoms with E-state index in [2.05, 4.69) is 17.1 Å². The summed E-state index contributed by atoms with van der Waals surface area (Å²) in [6, 6.07) is 0.395. The smallest absolute Gasteiger partial charge is 0.225 e. The summed E-state index contributed by atoms with van der Waals surface area (Å²) in [7, 11) is 1.74. The Labute approximate surface area is 110 Å². The van der Waals surface area contributed by atoms with E-state index < -0.39 is 0 Å². The molecule has 4 nitrogen and oxygen atoms in total. The largest absolute Gasteiger partial charge is 0.378 e. The SMILES string of the molecule is CCCN(C(=O)CC1(OC)CCC1)C1CCNC1. The number of ether oxygens (including phenoxy) is 1. The quantitative estimate of drug-likeness (QED) is 0.782. The Bertz CT molecular complexity index is 278. The third-order valence-electron chi connectivity index (χ3n) is 4.43. The normalized spacial score (nSPS) is 25.8. The minimum atomic E-state index is -0.144. The highest BCUT2D eigenvalue weighted by molar-refractivity contribution is 5.78. The minimum absolute atomic E-state index is 0.144. The summed E-state index contributed by atoms with van der Waals surface area (Å²) in [6.07, 6.45) is 5.96. The van der Waals surface area contributed by atoms with Gasteiger partial charge in [0.15, 0.2) is 0 Å². The van der Waals surface area contributed by atoms with E-state index in [0.29, 0.717) is 12.5 Å². The molecule has 0 radical (unpaired) electrons. The van der Waals surface area contributed by atoms with E-state index in [1.54, 1.807) is 7.11 Å². The van der Waals surface area contributed by atoms with Crippen LogP contribution in [-0.4, -0.2) is 49.2 Å². The molecule has 0 aromatic carbocycles. The second-order valence-electron chi connectivity index (χ2n) is 5.65. The van der Waals surface area contributed by atoms with E-state index in [1.165, 1.54) is 6.42 Å². The van der Waals surface area contributed by atoms with Crippen molar-refractivity contribution in [2.45, 2.75) is 57.1 Å². The maximum Gasteiger partial charge on any atom is 0.225 e. The number of carbonyl (C=O) groups is 1. The molecule has 18 heavy (non-hydrogen) atoms. The highest BCUT2D eigenvalue weighted by Crippen LogP contribution is 2.38. The molecule has 1 atom stereocenters. The Morgan fingerprint density at radius 1 is 1.50 bits per heavy atom. The van der Waals surface area contributed by atoms with Crippen LogP contribution in [0.5, 0.6) is 0 Å². The number of rotatable bonds is 6. The van der Waals surface area contributed by atoms with Crippen molar-refractivity contribution >= 4 is 5.91 Å². The Morgan fingerprint density at radius 3 is 2.72 bits per heavy atom. The van der Waals surface area contributed by atoms with Crippen molar-refractivity contribution in [1.82, 2.24) is 10.2 Å². The lowest BCUT2D eigenvalue weighted by Crippen LogP contribution is -2.48. The molecule has 0 spiro atoms. The van der Waals surface area contributed by atoms with E-state index in [-0.39, 0.29) is 11.5 Å². The monoisotopic (exact) mass is 254 g/mol. The van der Waals surface area contributed by atoms with Crippen molar-refractivity contribution in [2.75, 3.05) is 26.7 Å². The van der Waals surface area contributed by atoms with Gasteiger partial charge < -0.3 is 15.0 Å². The molecular formula is C14H26N2O2. The van der Waals surface area contributed by atoms with Crippen LogP contribution in [0, 0.1) is 0 Å². The van der Waals surface area contributed by atoms with Gasteiger partial charge in [-0.1, -0.05) is 6.92 Å². The average Bonchev–Trinajstić information content (AvgIpc) is 2.84. The van der Waals surface area contributed by atoms with Gasteiger partial charge in [-0.25, -0.2) is 0 Å². The van der Waals surface area contributed by atoms with Gasteiger partial charge in [0, 0.05) is 26.2 Å². The average molecular weight is 254 g/mol. The first kappa shape index (κ1) is 13.8. The zero-order chi connectivity index (χ0) is 13.0. The van der Waals surface area contributed by atoms with Crippen molar-refractivity contribution in [3.8, 4) is 0 Å².